The van der Waals surface area contributed by atoms with Crippen LogP contribution in [-0.4, -0.2) is 33.7 Å². The van der Waals surface area contributed by atoms with E-state index < -0.39 is 10.0 Å². The van der Waals surface area contributed by atoms with E-state index in [1.54, 1.807) is 12.1 Å². The quantitative estimate of drug-likeness (QED) is 0.551. The monoisotopic (exact) mass is 467 g/mol. The molecule has 1 N–H and O–H groups in total. The molecule has 1 unspecified atom stereocenters. The normalized spacial score (nSPS) is 27.6. The topological polar surface area (TPSA) is 64.6 Å². The zero-order valence-electron chi connectivity index (χ0n) is 18.5. The number of aryl methyl sites for hydroxylation is 1. The Bertz CT molecular complexity index is 904. The number of ether oxygens (including phenoxy) is 2. The van der Waals surface area contributed by atoms with Crippen molar-refractivity contribution in [3.63, 3.8) is 0 Å². The van der Waals surface area contributed by atoms with Crippen LogP contribution in [0.15, 0.2) is 35.5 Å². The molecule has 3 aliphatic carbocycles. The molecule has 31 heavy (non-hydrogen) atoms. The lowest BCUT2D eigenvalue weighted by Gasteiger charge is -2.58. The SMILES string of the molecule is CC1(C)[C@H]2CC(NS(=O)(=O)CCc3ccc(Cl)cc3)=C(CCOC3CCCCO3)[C@@H]1C2. The molecule has 2 bridgehead atoms. The van der Waals surface area contributed by atoms with E-state index in [0.717, 1.165) is 56.4 Å². The van der Waals surface area contributed by atoms with E-state index >= 15 is 0 Å². The van der Waals surface area contributed by atoms with E-state index in [9.17, 15) is 8.42 Å². The number of fused-ring (bicyclic) bond motifs is 1. The molecule has 5 rings (SSSR count). The van der Waals surface area contributed by atoms with Crippen LogP contribution in [0.5, 0.6) is 0 Å². The van der Waals surface area contributed by atoms with Crippen LogP contribution >= 0.6 is 11.6 Å². The van der Waals surface area contributed by atoms with Gasteiger partial charge in [0, 0.05) is 17.3 Å². The molecule has 0 amide bonds. The van der Waals surface area contributed by atoms with Gasteiger partial charge in [-0.05, 0) is 85.5 Å². The van der Waals surface area contributed by atoms with Gasteiger partial charge in [-0.3, -0.25) is 4.72 Å². The number of rotatable bonds is 9. The summed E-state index contributed by atoms with van der Waals surface area (Å²) < 4.78 is 40.3. The first-order chi connectivity index (χ1) is 14.7. The molecule has 2 fully saturated rings. The molecule has 3 atom stereocenters. The van der Waals surface area contributed by atoms with Gasteiger partial charge in [-0.15, -0.1) is 0 Å². The first kappa shape index (κ1) is 23.1. The summed E-state index contributed by atoms with van der Waals surface area (Å²) in [6.07, 6.45) is 6.26. The van der Waals surface area contributed by atoms with Crippen LogP contribution in [0.1, 0.15) is 57.9 Å². The van der Waals surface area contributed by atoms with E-state index in [4.69, 9.17) is 21.1 Å². The predicted molar refractivity (Wildman–Crippen MR) is 123 cm³/mol. The molecule has 0 spiro atoms. The smallest absolute Gasteiger partial charge is 0.232 e. The molecule has 0 radical (unpaired) electrons. The van der Waals surface area contributed by atoms with Crippen molar-refractivity contribution < 1.29 is 17.9 Å². The Morgan fingerprint density at radius 2 is 1.97 bits per heavy atom. The molecule has 1 saturated heterocycles. The number of nitrogens with one attached hydrogen (secondary N) is 1. The van der Waals surface area contributed by atoms with Gasteiger partial charge in [0.25, 0.3) is 0 Å². The Morgan fingerprint density at radius 1 is 1.19 bits per heavy atom. The van der Waals surface area contributed by atoms with Crippen LogP contribution in [-0.2, 0) is 25.9 Å². The average Bonchev–Trinajstić information content (AvgIpc) is 2.74. The third-order valence-corrected chi connectivity index (χ3v) is 8.94. The highest BCUT2D eigenvalue weighted by Crippen LogP contribution is 2.61. The Morgan fingerprint density at radius 3 is 2.65 bits per heavy atom. The Kier molecular flexibility index (Phi) is 7.02. The second-order valence-electron chi connectivity index (χ2n) is 9.73. The molecule has 1 heterocycles. The Balaban J connectivity index is 1.41. The summed E-state index contributed by atoms with van der Waals surface area (Å²) in [5, 5.41) is 0.657. The zero-order valence-corrected chi connectivity index (χ0v) is 20.1. The Labute approximate surface area is 191 Å². The number of benzene rings is 1. The van der Waals surface area contributed by atoms with Gasteiger partial charge >= 0.3 is 0 Å². The number of hydrogen-bond acceptors (Lipinski definition) is 4. The van der Waals surface area contributed by atoms with Gasteiger partial charge in [-0.25, -0.2) is 8.42 Å². The maximum absolute atomic E-state index is 12.9. The van der Waals surface area contributed by atoms with E-state index in [1.807, 2.05) is 12.1 Å². The summed E-state index contributed by atoms with van der Waals surface area (Å²) >= 11 is 5.92. The van der Waals surface area contributed by atoms with Crippen molar-refractivity contribution in [2.24, 2.45) is 17.3 Å². The number of hydrogen-bond donors (Lipinski definition) is 1. The zero-order chi connectivity index (χ0) is 22.1. The first-order valence-corrected chi connectivity index (χ1v) is 13.5. The van der Waals surface area contributed by atoms with Crippen LogP contribution in [0.3, 0.4) is 0 Å². The highest BCUT2D eigenvalue weighted by molar-refractivity contribution is 7.89. The molecule has 1 aromatic carbocycles. The molecule has 1 aromatic rings. The van der Waals surface area contributed by atoms with Gasteiger partial charge in [-0.2, -0.15) is 0 Å². The van der Waals surface area contributed by atoms with Crippen molar-refractivity contribution in [2.75, 3.05) is 19.0 Å². The Hall–Kier alpha value is -1.08. The number of halogens is 1. The van der Waals surface area contributed by atoms with Crippen molar-refractivity contribution in [2.45, 2.75) is 65.1 Å². The second kappa shape index (κ2) is 9.42. The maximum atomic E-state index is 12.9. The third kappa shape index (κ3) is 5.47. The van der Waals surface area contributed by atoms with Gasteiger partial charge in [0.2, 0.25) is 10.0 Å². The van der Waals surface area contributed by atoms with Crippen molar-refractivity contribution in [3.8, 4) is 0 Å². The van der Waals surface area contributed by atoms with Crippen molar-refractivity contribution in [1.82, 2.24) is 4.72 Å². The van der Waals surface area contributed by atoms with Crippen LogP contribution in [0.2, 0.25) is 5.02 Å². The van der Waals surface area contributed by atoms with Crippen LogP contribution in [0.25, 0.3) is 0 Å². The largest absolute Gasteiger partial charge is 0.353 e. The summed E-state index contributed by atoms with van der Waals surface area (Å²) in [5.74, 6) is 1.03. The van der Waals surface area contributed by atoms with E-state index in [0.29, 0.717) is 29.9 Å². The first-order valence-electron chi connectivity index (χ1n) is 11.4. The van der Waals surface area contributed by atoms with Crippen molar-refractivity contribution in [1.29, 1.82) is 0 Å². The summed E-state index contributed by atoms with van der Waals surface area (Å²) in [6, 6.07) is 7.35. The molecule has 1 saturated carbocycles. The van der Waals surface area contributed by atoms with Gasteiger partial charge in [0.15, 0.2) is 6.29 Å². The summed E-state index contributed by atoms with van der Waals surface area (Å²) in [7, 11) is -3.41. The fourth-order valence-electron chi connectivity index (χ4n) is 5.26. The minimum Gasteiger partial charge on any atom is -0.353 e. The predicted octanol–water partition coefficient (Wildman–Crippen LogP) is 5.06. The van der Waals surface area contributed by atoms with Crippen molar-refractivity contribution in [3.05, 3.63) is 46.1 Å². The van der Waals surface area contributed by atoms with Crippen LogP contribution in [0.4, 0.5) is 0 Å². The van der Waals surface area contributed by atoms with Gasteiger partial charge in [0.1, 0.15) is 0 Å². The third-order valence-electron chi connectivity index (χ3n) is 7.39. The molecule has 0 aromatic heterocycles. The van der Waals surface area contributed by atoms with Crippen molar-refractivity contribution >= 4 is 21.6 Å². The van der Waals surface area contributed by atoms with E-state index in [2.05, 4.69) is 18.6 Å². The lowest BCUT2D eigenvalue weighted by atomic mass is 9.48. The number of sulfonamides is 1. The maximum Gasteiger partial charge on any atom is 0.232 e. The summed E-state index contributed by atoms with van der Waals surface area (Å²) in [4.78, 5) is 0. The molecule has 172 valence electrons. The molecule has 5 nitrogen and oxygen atoms in total. The fraction of sp³-hybridized carbons (Fsp3) is 0.667. The second-order valence-corrected chi connectivity index (χ2v) is 12.0. The molecular formula is C24H34ClNO4S. The van der Waals surface area contributed by atoms with Gasteiger partial charge in [0.05, 0.1) is 12.4 Å². The van der Waals surface area contributed by atoms with Crippen LogP contribution in [0, 0.1) is 17.3 Å². The highest BCUT2D eigenvalue weighted by atomic mass is 35.5. The molecule has 4 aliphatic rings. The standard InChI is InChI=1S/C24H34ClNO4S/c1-24(2)18-15-21(24)20(10-13-30-23-5-3-4-12-29-23)22(16-18)26-31(27,28)14-11-17-6-8-19(25)9-7-17/h6-9,18,21,23,26H,3-5,10-16H2,1-2H3/t18-,21+,23?/m1/s1. The summed E-state index contributed by atoms with van der Waals surface area (Å²) in [6.45, 7) is 5.96. The van der Waals surface area contributed by atoms with Gasteiger partial charge < -0.3 is 9.47 Å². The molecular weight excluding hydrogens is 434 g/mol. The minimum absolute atomic E-state index is 0.0660. The van der Waals surface area contributed by atoms with E-state index in [1.165, 1.54) is 5.57 Å². The van der Waals surface area contributed by atoms with Gasteiger partial charge in [-0.1, -0.05) is 37.6 Å². The van der Waals surface area contributed by atoms with E-state index in [-0.39, 0.29) is 17.5 Å². The van der Waals surface area contributed by atoms with Crippen LogP contribution < -0.4 is 4.72 Å². The molecule has 7 heteroatoms. The lowest BCUT2D eigenvalue weighted by molar-refractivity contribution is -0.162. The molecule has 1 aliphatic heterocycles. The average molecular weight is 468 g/mol. The lowest BCUT2D eigenvalue weighted by Crippen LogP contribution is -2.51. The summed E-state index contributed by atoms with van der Waals surface area (Å²) in [5.41, 5.74) is 3.34. The number of allylic oxidation sites excluding steroid dienone is 1. The minimum atomic E-state index is -3.41. The fourth-order valence-corrected chi connectivity index (χ4v) is 6.58. The highest BCUT2D eigenvalue weighted by Gasteiger charge is 2.53.